The number of carbonyl (C=O) groups is 1. The second-order valence-corrected chi connectivity index (χ2v) is 14.8. The van der Waals surface area contributed by atoms with E-state index in [0.29, 0.717) is 6.42 Å². The van der Waals surface area contributed by atoms with Gasteiger partial charge in [0.05, 0.1) is 32.0 Å². The Morgan fingerprint density at radius 3 is 1.67 bits per heavy atom. The van der Waals surface area contributed by atoms with E-state index in [1.807, 2.05) is 37.3 Å². The lowest BCUT2D eigenvalue weighted by molar-refractivity contribution is -0.303. The van der Waals surface area contributed by atoms with E-state index in [1.54, 1.807) is 6.92 Å². The molecule has 1 aromatic rings. The maximum atomic E-state index is 13.3. The van der Waals surface area contributed by atoms with Crippen LogP contribution in [-0.4, -0.2) is 82.4 Å². The van der Waals surface area contributed by atoms with Gasteiger partial charge in [-0.3, -0.25) is 4.79 Å². The molecule has 5 N–H and O–H groups in total. The Kier molecular flexibility index (Phi) is 31.9. The van der Waals surface area contributed by atoms with Crippen molar-refractivity contribution >= 4 is 5.91 Å². The zero-order valence-corrected chi connectivity index (χ0v) is 38.5. The molecule has 67 heavy (non-hydrogen) atoms. The summed E-state index contributed by atoms with van der Waals surface area (Å²) in [6.45, 7) is 5.29. The highest BCUT2D eigenvalue weighted by Crippen LogP contribution is 2.24. The van der Waals surface area contributed by atoms with Gasteiger partial charge in [-0.2, -0.15) is 0 Å². The van der Waals surface area contributed by atoms with Gasteiger partial charge in [0.25, 0.3) is 5.91 Å². The van der Waals surface area contributed by atoms with Crippen LogP contribution < -0.4 is 5.32 Å². The fraction of sp³-hybridized carbons (Fsp3) is 0.431. The molecule has 9 nitrogen and oxygen atoms in total. The number of rotatable bonds is 22. The minimum absolute atomic E-state index is 0.142. The molecule has 1 amide bonds. The van der Waals surface area contributed by atoms with Gasteiger partial charge in [0.2, 0.25) is 0 Å². The topological polar surface area (TPSA) is 138 Å². The van der Waals surface area contributed by atoms with Gasteiger partial charge in [0.1, 0.15) is 24.4 Å². The van der Waals surface area contributed by atoms with E-state index in [1.165, 1.54) is 51.4 Å². The van der Waals surface area contributed by atoms with Gasteiger partial charge in [0, 0.05) is 41.4 Å². The Morgan fingerprint density at radius 2 is 1.16 bits per heavy atom. The molecule has 2 rings (SSSR count). The summed E-state index contributed by atoms with van der Waals surface area (Å²) in [5, 5.41) is 43.9. The molecule has 1 fully saturated rings. The number of unbranched alkanes of at least 4 members (excludes halogenated alkanes) is 9. The number of amides is 1. The maximum Gasteiger partial charge on any atom is 0.297 e. The minimum atomic E-state index is -1.64. The third kappa shape index (κ3) is 27.1. The van der Waals surface area contributed by atoms with Gasteiger partial charge in [-0.05, 0) is 132 Å². The Labute approximate surface area is 399 Å². The first kappa shape index (κ1) is 56.0. The summed E-state index contributed by atoms with van der Waals surface area (Å²) in [4.78, 5) is 13.3. The number of aliphatic hydroxyl groups is 4. The van der Waals surface area contributed by atoms with Crippen molar-refractivity contribution in [2.45, 2.75) is 141 Å². The van der Waals surface area contributed by atoms with E-state index >= 15 is 0 Å². The van der Waals surface area contributed by atoms with Crippen LogP contribution in [0.5, 0.6) is 0 Å². The van der Waals surface area contributed by atoms with Crippen LogP contribution in [0.1, 0.15) is 97.0 Å². The molecule has 0 radical (unpaired) electrons. The quantitative estimate of drug-likeness (QED) is 0.0656. The van der Waals surface area contributed by atoms with Crippen LogP contribution in [0.3, 0.4) is 0 Å². The molecule has 1 aliphatic rings. The lowest BCUT2D eigenvalue weighted by Crippen LogP contribution is -2.60. The van der Waals surface area contributed by atoms with Crippen molar-refractivity contribution in [3.8, 4) is 142 Å². The predicted octanol–water partition coefficient (Wildman–Crippen LogP) is 4.44. The highest BCUT2D eigenvalue weighted by molar-refractivity contribution is 5.94. The SMILES string of the molecule is CC#CC#CC#CC#CC#CC#CC#CC#CC#CC#CC#CC#CC(=O)N[C@@H](CO[C@H]1OC(CO)[C@H](O)[C@H](O)C1O)[C@H](OCc1ccccc1)[C@H](C)CC=CCCCCCCCCCCC. The molecule has 0 spiro atoms. The van der Waals surface area contributed by atoms with E-state index in [4.69, 9.17) is 14.2 Å². The smallest absolute Gasteiger partial charge is 0.297 e. The highest BCUT2D eigenvalue weighted by Gasteiger charge is 2.44. The van der Waals surface area contributed by atoms with Crippen molar-refractivity contribution in [2.24, 2.45) is 5.92 Å². The summed E-state index contributed by atoms with van der Waals surface area (Å²) in [7, 11) is 0. The normalized spacial score (nSPS) is 17.2. The molecule has 0 saturated carbocycles. The number of ether oxygens (including phenoxy) is 3. The van der Waals surface area contributed by atoms with E-state index in [9.17, 15) is 25.2 Å². The molecule has 1 heterocycles. The Balaban J connectivity index is 2.14. The van der Waals surface area contributed by atoms with Crippen molar-refractivity contribution in [1.29, 1.82) is 0 Å². The molecular weight excluding hydrogens is 839 g/mol. The number of allylic oxidation sites excluding steroid dienone is 2. The van der Waals surface area contributed by atoms with Crippen molar-refractivity contribution in [3.63, 3.8) is 0 Å². The maximum absolute atomic E-state index is 13.3. The average Bonchev–Trinajstić information content (AvgIpc) is 3.33. The minimum Gasteiger partial charge on any atom is -0.394 e. The number of carbonyl (C=O) groups excluding carboxylic acids is 1. The average molecular weight is 896 g/mol. The zero-order valence-electron chi connectivity index (χ0n) is 38.5. The number of aliphatic hydroxyl groups excluding tert-OH is 4. The number of hydrogen-bond acceptors (Lipinski definition) is 8. The first-order valence-corrected chi connectivity index (χ1v) is 22.3. The molecule has 9 heteroatoms. The molecule has 342 valence electrons. The molecule has 0 aliphatic carbocycles. The summed E-state index contributed by atoms with van der Waals surface area (Å²) in [5.74, 6) is 59.6. The molecule has 2 unspecified atom stereocenters. The summed E-state index contributed by atoms with van der Waals surface area (Å²) in [5.41, 5.74) is 0.918. The van der Waals surface area contributed by atoms with Crippen LogP contribution in [0.4, 0.5) is 0 Å². The van der Waals surface area contributed by atoms with E-state index in [0.717, 1.165) is 18.4 Å². The lowest BCUT2D eigenvalue weighted by atomic mass is 9.94. The largest absolute Gasteiger partial charge is 0.394 e. The van der Waals surface area contributed by atoms with E-state index in [2.05, 4.69) is 166 Å². The van der Waals surface area contributed by atoms with Crippen LogP contribution in [0.15, 0.2) is 42.5 Å². The molecule has 1 aromatic carbocycles. The first-order valence-electron chi connectivity index (χ1n) is 22.3. The van der Waals surface area contributed by atoms with E-state index in [-0.39, 0.29) is 19.1 Å². The fourth-order valence-corrected chi connectivity index (χ4v) is 6.18. The van der Waals surface area contributed by atoms with Crippen molar-refractivity contribution in [2.75, 3.05) is 13.2 Å². The van der Waals surface area contributed by atoms with Crippen LogP contribution in [0.2, 0.25) is 0 Å². The summed E-state index contributed by atoms with van der Waals surface area (Å²) >= 11 is 0. The molecule has 8 atom stereocenters. The van der Waals surface area contributed by atoms with Gasteiger partial charge >= 0.3 is 0 Å². The second-order valence-electron chi connectivity index (χ2n) is 14.8. The molecule has 0 aromatic heterocycles. The molecule has 1 saturated heterocycles. The Bertz CT molecular complexity index is 2530. The third-order valence-corrected chi connectivity index (χ3v) is 9.61. The van der Waals surface area contributed by atoms with Gasteiger partial charge < -0.3 is 40.0 Å². The zero-order chi connectivity index (χ0) is 48.4. The van der Waals surface area contributed by atoms with Crippen molar-refractivity contribution in [1.82, 2.24) is 5.32 Å². The molecule has 1 aliphatic heterocycles. The fourth-order valence-electron chi connectivity index (χ4n) is 6.18. The number of hydrogen-bond donors (Lipinski definition) is 5. The number of benzene rings is 1. The van der Waals surface area contributed by atoms with Gasteiger partial charge in [-0.1, -0.05) is 114 Å². The van der Waals surface area contributed by atoms with Gasteiger partial charge in [-0.15, -0.1) is 0 Å². The van der Waals surface area contributed by atoms with Crippen LogP contribution in [-0.2, 0) is 25.6 Å². The summed E-state index contributed by atoms with van der Waals surface area (Å²) in [6, 6.07) is 8.75. The van der Waals surface area contributed by atoms with Crippen LogP contribution in [0, 0.1) is 148 Å². The third-order valence-electron chi connectivity index (χ3n) is 9.61. The highest BCUT2D eigenvalue weighted by atomic mass is 16.7. The second kappa shape index (κ2) is 38.2. The van der Waals surface area contributed by atoms with E-state index < -0.39 is 55.4 Å². The summed E-state index contributed by atoms with van der Waals surface area (Å²) in [6.07, 6.45) is 9.17. The predicted molar refractivity (Wildman–Crippen MR) is 260 cm³/mol. The van der Waals surface area contributed by atoms with Crippen molar-refractivity contribution in [3.05, 3.63) is 48.0 Å². The number of nitrogens with one attached hydrogen (secondary N) is 1. The lowest BCUT2D eigenvalue weighted by Gasteiger charge is -2.40. The first-order chi connectivity index (χ1) is 32.8. The Hall–Kier alpha value is -7.13. The molecular formula is C58H57NO8. The standard InChI is InChI=1S/C58H57NO8/c1-4-6-8-10-12-14-16-18-19-20-21-22-23-24-25-26-27-28-30-32-34-36-41-45-53(61)59-51(48-66-58-56(64)55(63)54(62)52(46-60)67-58)57(65-47-50-43-39-37-40-44-50)49(3)42-38-35-33-31-29-17-15-13-11-9-7-5-2/h35,37-40,43-44,49,51-52,54-58,60,62-64H,5,7,9,11,13,15,17,29,31,33,42,46-48H2,1-3H3,(H,59,61)/t49-,51+,52?,54+,55+,56?,57-,58+/m1/s1. The van der Waals surface area contributed by atoms with Gasteiger partial charge in [0.15, 0.2) is 6.29 Å². The van der Waals surface area contributed by atoms with Crippen molar-refractivity contribution < 1.29 is 39.4 Å². The van der Waals surface area contributed by atoms with Crippen LogP contribution in [0.25, 0.3) is 0 Å². The summed E-state index contributed by atoms with van der Waals surface area (Å²) < 4.78 is 18.0. The monoisotopic (exact) mass is 895 g/mol. The Morgan fingerprint density at radius 1 is 0.672 bits per heavy atom. The van der Waals surface area contributed by atoms with Crippen LogP contribution >= 0.6 is 0 Å². The van der Waals surface area contributed by atoms with Gasteiger partial charge in [-0.25, -0.2) is 0 Å². The molecule has 0 bridgehead atoms.